The van der Waals surface area contributed by atoms with Gasteiger partial charge in [0.05, 0.1) is 26.6 Å². The van der Waals surface area contributed by atoms with Crippen LogP contribution in [-0.2, 0) is 10.0 Å². The monoisotopic (exact) mass is 448 g/mol. The Bertz CT molecular complexity index is 929. The molecule has 5 nitrogen and oxygen atoms in total. The Kier molecular flexibility index (Phi) is 6.43. The molecule has 0 radical (unpaired) electrons. The van der Waals surface area contributed by atoms with Gasteiger partial charge in [0, 0.05) is 37.9 Å². The van der Waals surface area contributed by atoms with E-state index in [4.69, 9.17) is 39.5 Å². The van der Waals surface area contributed by atoms with Crippen molar-refractivity contribution in [1.29, 1.82) is 0 Å². The molecule has 0 amide bonds. The molecule has 0 aliphatic carbocycles. The molecule has 0 atom stereocenters. The summed E-state index contributed by atoms with van der Waals surface area (Å²) in [5.74, 6) is 0.370. The largest absolute Gasteiger partial charge is 0.492 e. The highest BCUT2D eigenvalue weighted by Gasteiger charge is 2.29. The quantitative estimate of drug-likeness (QED) is 0.671. The summed E-state index contributed by atoms with van der Waals surface area (Å²) in [5, 5.41) is 1.36. The summed E-state index contributed by atoms with van der Waals surface area (Å²) < 4.78 is 32.8. The molecule has 2 aromatic carbocycles. The van der Waals surface area contributed by atoms with Crippen LogP contribution < -0.4 is 9.64 Å². The van der Waals surface area contributed by atoms with Gasteiger partial charge in [-0.2, -0.15) is 4.31 Å². The lowest BCUT2D eigenvalue weighted by Gasteiger charge is -2.35. The number of ether oxygens (including phenoxy) is 1. The third kappa shape index (κ3) is 4.46. The van der Waals surface area contributed by atoms with Crippen molar-refractivity contribution < 1.29 is 13.2 Å². The molecule has 1 aliphatic rings. The van der Waals surface area contributed by atoms with Crippen molar-refractivity contribution in [2.75, 3.05) is 37.7 Å². The Morgan fingerprint density at radius 3 is 2.22 bits per heavy atom. The zero-order valence-corrected chi connectivity index (χ0v) is 17.7. The zero-order valence-electron chi connectivity index (χ0n) is 14.7. The number of sulfonamides is 1. The molecule has 0 bridgehead atoms. The van der Waals surface area contributed by atoms with Crippen molar-refractivity contribution in [2.45, 2.75) is 11.8 Å². The van der Waals surface area contributed by atoms with Gasteiger partial charge >= 0.3 is 0 Å². The van der Waals surface area contributed by atoms with Gasteiger partial charge in [-0.1, -0.05) is 34.8 Å². The first-order valence-corrected chi connectivity index (χ1v) is 11.0. The molecule has 1 aliphatic heterocycles. The highest BCUT2D eigenvalue weighted by molar-refractivity contribution is 7.89. The Balaban J connectivity index is 1.74. The molecular weight excluding hydrogens is 431 g/mol. The van der Waals surface area contributed by atoms with E-state index in [0.29, 0.717) is 53.6 Å². The van der Waals surface area contributed by atoms with Gasteiger partial charge in [0.15, 0.2) is 0 Å². The number of halogens is 3. The average Bonchev–Trinajstić information content (AvgIpc) is 2.66. The molecule has 9 heteroatoms. The Morgan fingerprint density at radius 1 is 0.926 bits per heavy atom. The van der Waals surface area contributed by atoms with Crippen LogP contribution in [0.5, 0.6) is 5.75 Å². The van der Waals surface area contributed by atoms with Crippen LogP contribution in [-0.4, -0.2) is 45.5 Å². The second-order valence-electron chi connectivity index (χ2n) is 6.01. The van der Waals surface area contributed by atoms with Gasteiger partial charge in [0.25, 0.3) is 0 Å². The van der Waals surface area contributed by atoms with Crippen molar-refractivity contribution in [2.24, 2.45) is 0 Å². The SMILES string of the molecule is CCOc1cc(S(=O)(=O)N2CCN(c3ccc(Cl)c(Cl)c3)CC2)ccc1Cl. The van der Waals surface area contributed by atoms with Gasteiger partial charge in [0.1, 0.15) is 5.75 Å². The summed E-state index contributed by atoms with van der Waals surface area (Å²) in [4.78, 5) is 2.26. The van der Waals surface area contributed by atoms with Crippen LogP contribution in [0.2, 0.25) is 15.1 Å². The predicted molar refractivity (Wildman–Crippen MR) is 110 cm³/mol. The number of hydrogen-bond donors (Lipinski definition) is 0. The van der Waals surface area contributed by atoms with Gasteiger partial charge in [-0.05, 0) is 37.3 Å². The van der Waals surface area contributed by atoms with E-state index in [1.165, 1.54) is 16.4 Å². The highest BCUT2D eigenvalue weighted by atomic mass is 35.5. The van der Waals surface area contributed by atoms with E-state index in [1.54, 1.807) is 18.2 Å². The Morgan fingerprint density at radius 2 is 1.59 bits per heavy atom. The number of nitrogens with zero attached hydrogens (tertiary/aromatic N) is 2. The summed E-state index contributed by atoms with van der Waals surface area (Å²) in [6.07, 6.45) is 0. The van der Waals surface area contributed by atoms with E-state index in [-0.39, 0.29) is 4.90 Å². The zero-order chi connectivity index (χ0) is 19.6. The molecule has 1 saturated heterocycles. The molecule has 0 unspecified atom stereocenters. The van der Waals surface area contributed by atoms with E-state index in [0.717, 1.165) is 5.69 Å². The lowest BCUT2D eigenvalue weighted by molar-refractivity contribution is 0.339. The predicted octanol–water partition coefficient (Wildman–Crippen LogP) is 4.56. The maximum Gasteiger partial charge on any atom is 0.243 e. The summed E-state index contributed by atoms with van der Waals surface area (Å²) >= 11 is 18.1. The second-order valence-corrected chi connectivity index (χ2v) is 9.17. The first kappa shape index (κ1) is 20.6. The Labute approximate surface area is 174 Å². The van der Waals surface area contributed by atoms with E-state index in [2.05, 4.69) is 4.90 Å². The van der Waals surface area contributed by atoms with Crippen molar-refractivity contribution in [1.82, 2.24) is 4.31 Å². The lowest BCUT2D eigenvalue weighted by Crippen LogP contribution is -2.48. The molecule has 0 spiro atoms. The molecule has 0 aromatic heterocycles. The minimum absolute atomic E-state index is 0.179. The molecule has 1 fully saturated rings. The van der Waals surface area contributed by atoms with Crippen molar-refractivity contribution >= 4 is 50.5 Å². The second kappa shape index (κ2) is 8.45. The van der Waals surface area contributed by atoms with Crippen LogP contribution in [0.15, 0.2) is 41.3 Å². The molecule has 1 heterocycles. The number of anilines is 1. The fourth-order valence-corrected chi connectivity index (χ4v) is 4.83. The lowest BCUT2D eigenvalue weighted by atomic mass is 10.2. The maximum atomic E-state index is 13.0. The summed E-state index contributed by atoms with van der Waals surface area (Å²) in [7, 11) is -3.62. The van der Waals surface area contributed by atoms with Gasteiger partial charge < -0.3 is 9.64 Å². The van der Waals surface area contributed by atoms with Gasteiger partial charge in [-0.3, -0.25) is 0 Å². The highest BCUT2D eigenvalue weighted by Crippen LogP contribution is 2.31. The van der Waals surface area contributed by atoms with E-state index in [9.17, 15) is 8.42 Å². The first-order chi connectivity index (χ1) is 12.8. The number of rotatable bonds is 5. The molecule has 0 saturated carbocycles. The minimum atomic E-state index is -3.62. The van der Waals surface area contributed by atoms with Crippen LogP contribution in [0.25, 0.3) is 0 Å². The third-order valence-corrected chi connectivity index (χ3v) is 7.29. The van der Waals surface area contributed by atoms with Gasteiger partial charge in [-0.25, -0.2) is 8.42 Å². The fourth-order valence-electron chi connectivity index (χ4n) is 2.93. The summed E-state index contributed by atoms with van der Waals surface area (Å²) in [6, 6.07) is 9.95. The molecule has 0 N–H and O–H groups in total. The Hall–Kier alpha value is -1.18. The average molecular weight is 450 g/mol. The van der Waals surface area contributed by atoms with Crippen molar-refractivity contribution in [3.8, 4) is 5.75 Å². The number of piperazine rings is 1. The van der Waals surface area contributed by atoms with E-state index in [1.807, 2.05) is 13.0 Å². The van der Waals surface area contributed by atoms with E-state index >= 15 is 0 Å². The molecule has 2 aromatic rings. The topological polar surface area (TPSA) is 49.9 Å². The maximum absolute atomic E-state index is 13.0. The van der Waals surface area contributed by atoms with Crippen molar-refractivity contribution in [3.05, 3.63) is 51.5 Å². The number of benzene rings is 2. The van der Waals surface area contributed by atoms with Gasteiger partial charge in [-0.15, -0.1) is 0 Å². The van der Waals surface area contributed by atoms with Crippen molar-refractivity contribution in [3.63, 3.8) is 0 Å². The molecule has 27 heavy (non-hydrogen) atoms. The van der Waals surface area contributed by atoms with Crippen LogP contribution in [0.3, 0.4) is 0 Å². The van der Waals surface area contributed by atoms with Crippen LogP contribution in [0.4, 0.5) is 5.69 Å². The standard InChI is InChI=1S/C18H19Cl3N2O3S/c1-2-26-18-12-14(4-6-16(18)20)27(24,25)23-9-7-22(8-10-23)13-3-5-15(19)17(21)11-13/h3-6,11-12H,2,7-10H2,1H3. The number of hydrogen-bond acceptors (Lipinski definition) is 4. The van der Waals surface area contributed by atoms with Gasteiger partial charge in [0.2, 0.25) is 10.0 Å². The summed E-state index contributed by atoms with van der Waals surface area (Å²) in [6.45, 7) is 4.09. The minimum Gasteiger partial charge on any atom is -0.492 e. The normalized spacial score (nSPS) is 15.8. The first-order valence-electron chi connectivity index (χ1n) is 8.45. The molecule has 146 valence electrons. The van der Waals surface area contributed by atoms with Crippen LogP contribution >= 0.6 is 34.8 Å². The fraction of sp³-hybridized carbons (Fsp3) is 0.333. The third-order valence-electron chi connectivity index (χ3n) is 4.35. The molecular formula is C18H19Cl3N2O3S. The van der Waals surface area contributed by atoms with Crippen LogP contribution in [0.1, 0.15) is 6.92 Å². The van der Waals surface area contributed by atoms with E-state index < -0.39 is 10.0 Å². The van der Waals surface area contributed by atoms with Crippen LogP contribution in [0, 0.1) is 0 Å². The smallest absolute Gasteiger partial charge is 0.243 e. The molecule has 3 rings (SSSR count). The summed E-state index contributed by atoms with van der Waals surface area (Å²) in [5.41, 5.74) is 0.923.